The number of carbonyl (C=O) groups excluding carboxylic acids is 1. The van der Waals surface area contributed by atoms with Crippen LogP contribution in [-0.2, 0) is 6.54 Å². The maximum absolute atomic E-state index is 12.2. The molecule has 0 radical (unpaired) electrons. The number of fused-ring (bicyclic) bond motifs is 1. The fourth-order valence-electron chi connectivity index (χ4n) is 3.16. The number of aromatic nitrogens is 3. The molecular weight excluding hydrogens is 316 g/mol. The zero-order valence-corrected chi connectivity index (χ0v) is 15.4. The summed E-state index contributed by atoms with van der Waals surface area (Å²) in [6.07, 6.45) is 2.77. The molecule has 1 fully saturated rings. The smallest absolute Gasteiger partial charge is 0.317 e. The Balaban J connectivity index is 1.51. The summed E-state index contributed by atoms with van der Waals surface area (Å²) >= 11 is 0. The molecular formula is C18H28N6O. The van der Waals surface area contributed by atoms with Gasteiger partial charge in [-0.3, -0.25) is 4.90 Å². The Kier molecular flexibility index (Phi) is 5.53. The molecule has 7 heteroatoms. The van der Waals surface area contributed by atoms with Gasteiger partial charge in [0.1, 0.15) is 11.3 Å². The summed E-state index contributed by atoms with van der Waals surface area (Å²) in [4.78, 5) is 25.5. The third kappa shape index (κ3) is 4.10. The van der Waals surface area contributed by atoms with Gasteiger partial charge in [0.15, 0.2) is 5.65 Å². The largest absolute Gasteiger partial charge is 0.336 e. The molecule has 1 aliphatic heterocycles. The van der Waals surface area contributed by atoms with Crippen LogP contribution in [0.1, 0.15) is 26.1 Å². The number of imidazole rings is 1. The summed E-state index contributed by atoms with van der Waals surface area (Å²) in [5.41, 5.74) is 1.90. The van der Waals surface area contributed by atoms with E-state index < -0.39 is 0 Å². The first kappa shape index (κ1) is 17.7. The summed E-state index contributed by atoms with van der Waals surface area (Å²) in [5, 5.41) is 3.04. The predicted molar refractivity (Wildman–Crippen MR) is 98.6 cm³/mol. The van der Waals surface area contributed by atoms with Crippen molar-refractivity contribution in [2.75, 3.05) is 32.7 Å². The van der Waals surface area contributed by atoms with E-state index in [4.69, 9.17) is 0 Å². The molecule has 1 saturated heterocycles. The van der Waals surface area contributed by atoms with Crippen LogP contribution in [0, 0.1) is 6.92 Å². The van der Waals surface area contributed by atoms with Crippen LogP contribution in [0.5, 0.6) is 0 Å². The van der Waals surface area contributed by atoms with Crippen LogP contribution >= 0.6 is 0 Å². The number of nitrogens with zero attached hydrogens (tertiary/aromatic N) is 5. The van der Waals surface area contributed by atoms with Gasteiger partial charge in [-0.05, 0) is 32.4 Å². The van der Waals surface area contributed by atoms with Crippen LogP contribution in [0.15, 0.2) is 18.3 Å². The van der Waals surface area contributed by atoms with Gasteiger partial charge in [0, 0.05) is 51.5 Å². The van der Waals surface area contributed by atoms with E-state index in [1.165, 1.54) is 0 Å². The third-order valence-corrected chi connectivity index (χ3v) is 4.98. The first-order valence-corrected chi connectivity index (χ1v) is 9.14. The summed E-state index contributed by atoms with van der Waals surface area (Å²) < 4.78 is 2.18. The fraction of sp³-hybridized carbons (Fsp3) is 0.611. The summed E-state index contributed by atoms with van der Waals surface area (Å²) in [6, 6.07) is 4.22. The molecule has 1 atom stereocenters. The molecule has 2 aromatic heterocycles. The highest BCUT2D eigenvalue weighted by Crippen LogP contribution is 2.13. The average Bonchev–Trinajstić information content (AvgIpc) is 2.95. The van der Waals surface area contributed by atoms with Gasteiger partial charge in [0.05, 0.1) is 0 Å². The van der Waals surface area contributed by atoms with E-state index in [0.717, 1.165) is 62.7 Å². The second-order valence-electron chi connectivity index (χ2n) is 6.74. The van der Waals surface area contributed by atoms with Gasteiger partial charge in [0.2, 0.25) is 0 Å². The minimum absolute atomic E-state index is 0.0645. The van der Waals surface area contributed by atoms with E-state index in [0.29, 0.717) is 0 Å². The molecule has 0 bridgehead atoms. The van der Waals surface area contributed by atoms with Crippen molar-refractivity contribution in [2.45, 2.75) is 39.8 Å². The lowest BCUT2D eigenvalue weighted by Crippen LogP contribution is -2.53. The Bertz CT molecular complexity index is 719. The Morgan fingerprint density at radius 1 is 1.28 bits per heavy atom. The SMILES string of the molecule is CCC(C)NC(=O)N1CCN(CCn2c(C)nc3cccnc32)CC1. The number of nitrogens with one attached hydrogen (secondary N) is 1. The normalized spacial score (nSPS) is 17.0. The van der Waals surface area contributed by atoms with E-state index in [1.807, 2.05) is 37.1 Å². The van der Waals surface area contributed by atoms with Gasteiger partial charge in [-0.1, -0.05) is 6.92 Å². The predicted octanol–water partition coefficient (Wildman–Crippen LogP) is 1.87. The van der Waals surface area contributed by atoms with Gasteiger partial charge in [-0.25, -0.2) is 14.8 Å². The molecule has 2 aromatic rings. The van der Waals surface area contributed by atoms with Crippen LogP contribution in [0.2, 0.25) is 0 Å². The molecule has 3 heterocycles. The monoisotopic (exact) mass is 344 g/mol. The molecule has 1 N–H and O–H groups in total. The van der Waals surface area contributed by atoms with Crippen molar-refractivity contribution in [3.63, 3.8) is 0 Å². The molecule has 0 saturated carbocycles. The molecule has 25 heavy (non-hydrogen) atoms. The average molecular weight is 344 g/mol. The van der Waals surface area contributed by atoms with Gasteiger partial charge in [-0.15, -0.1) is 0 Å². The highest BCUT2D eigenvalue weighted by atomic mass is 16.2. The van der Waals surface area contributed by atoms with E-state index in [2.05, 4.69) is 31.7 Å². The summed E-state index contributed by atoms with van der Waals surface area (Å²) in [7, 11) is 0. The third-order valence-electron chi connectivity index (χ3n) is 4.98. The van der Waals surface area contributed by atoms with Crippen molar-refractivity contribution in [3.8, 4) is 0 Å². The molecule has 0 aromatic carbocycles. The summed E-state index contributed by atoms with van der Waals surface area (Å²) in [6.45, 7) is 11.4. The van der Waals surface area contributed by atoms with Gasteiger partial charge in [0.25, 0.3) is 0 Å². The van der Waals surface area contributed by atoms with E-state index in [9.17, 15) is 4.79 Å². The van der Waals surface area contributed by atoms with Crippen LogP contribution < -0.4 is 5.32 Å². The van der Waals surface area contributed by atoms with Crippen molar-refractivity contribution in [2.24, 2.45) is 0 Å². The van der Waals surface area contributed by atoms with Crippen molar-refractivity contribution in [1.29, 1.82) is 0 Å². The molecule has 1 aliphatic rings. The number of pyridine rings is 1. The number of hydrogen-bond acceptors (Lipinski definition) is 4. The second-order valence-corrected chi connectivity index (χ2v) is 6.74. The maximum Gasteiger partial charge on any atom is 0.317 e. The van der Waals surface area contributed by atoms with Gasteiger partial charge in [-0.2, -0.15) is 0 Å². The molecule has 3 rings (SSSR count). The minimum atomic E-state index is 0.0645. The Morgan fingerprint density at radius 2 is 2.04 bits per heavy atom. The lowest BCUT2D eigenvalue weighted by molar-refractivity contribution is 0.135. The van der Waals surface area contributed by atoms with Crippen molar-refractivity contribution < 1.29 is 4.79 Å². The standard InChI is InChI=1S/C18H28N6O/c1-4-14(2)20-18(25)23-11-8-22(9-12-23)10-13-24-15(3)21-16-6-5-7-19-17(16)24/h5-7,14H,4,8-13H2,1-3H3,(H,20,25). The first-order valence-electron chi connectivity index (χ1n) is 9.14. The number of hydrogen-bond donors (Lipinski definition) is 1. The van der Waals surface area contributed by atoms with Crippen LogP contribution in [-0.4, -0.2) is 69.1 Å². The van der Waals surface area contributed by atoms with Crippen LogP contribution in [0.3, 0.4) is 0 Å². The molecule has 0 aliphatic carbocycles. The number of carbonyl (C=O) groups is 1. The Morgan fingerprint density at radius 3 is 2.76 bits per heavy atom. The molecule has 0 spiro atoms. The zero-order valence-electron chi connectivity index (χ0n) is 15.4. The van der Waals surface area contributed by atoms with E-state index in [-0.39, 0.29) is 12.1 Å². The quantitative estimate of drug-likeness (QED) is 0.899. The first-order chi connectivity index (χ1) is 12.1. The molecule has 2 amide bonds. The highest BCUT2D eigenvalue weighted by molar-refractivity contribution is 5.74. The topological polar surface area (TPSA) is 66.3 Å². The number of piperazine rings is 1. The summed E-state index contributed by atoms with van der Waals surface area (Å²) in [5.74, 6) is 1.00. The van der Waals surface area contributed by atoms with Crippen LogP contribution in [0.4, 0.5) is 4.79 Å². The molecule has 1 unspecified atom stereocenters. The van der Waals surface area contributed by atoms with Crippen LogP contribution in [0.25, 0.3) is 11.2 Å². The van der Waals surface area contributed by atoms with E-state index in [1.54, 1.807) is 0 Å². The Labute approximate surface area is 149 Å². The number of aryl methyl sites for hydroxylation is 1. The zero-order chi connectivity index (χ0) is 17.8. The van der Waals surface area contributed by atoms with Gasteiger partial charge >= 0.3 is 6.03 Å². The van der Waals surface area contributed by atoms with Crippen molar-refractivity contribution in [3.05, 3.63) is 24.2 Å². The maximum atomic E-state index is 12.2. The lowest BCUT2D eigenvalue weighted by Gasteiger charge is -2.35. The lowest BCUT2D eigenvalue weighted by atomic mass is 10.2. The minimum Gasteiger partial charge on any atom is -0.336 e. The second kappa shape index (κ2) is 7.82. The van der Waals surface area contributed by atoms with Crippen molar-refractivity contribution >= 4 is 17.2 Å². The number of rotatable bonds is 5. The molecule has 136 valence electrons. The van der Waals surface area contributed by atoms with Gasteiger partial charge < -0.3 is 14.8 Å². The van der Waals surface area contributed by atoms with Crippen molar-refractivity contribution in [1.82, 2.24) is 29.7 Å². The fourth-order valence-corrected chi connectivity index (χ4v) is 3.16. The number of urea groups is 1. The van der Waals surface area contributed by atoms with E-state index >= 15 is 0 Å². The Hall–Kier alpha value is -2.15. The molecule has 7 nitrogen and oxygen atoms in total. The highest BCUT2D eigenvalue weighted by Gasteiger charge is 2.21. The number of amides is 2.